The van der Waals surface area contributed by atoms with Crippen LogP contribution in [0.4, 0.5) is 5.69 Å². The fraction of sp³-hybridized carbons (Fsp3) is 0.125. The molecule has 1 amide bonds. The average Bonchev–Trinajstić information content (AvgIpc) is 2.76. The number of amides is 1. The zero-order chi connectivity index (χ0) is 15.0. The molecule has 0 aromatic heterocycles. The summed E-state index contributed by atoms with van der Waals surface area (Å²) >= 11 is 6.74. The number of anilines is 1. The highest BCUT2D eigenvalue weighted by Gasteiger charge is 2.35. The molecule has 0 bridgehead atoms. The fourth-order valence-electron chi connectivity index (χ4n) is 2.20. The van der Waals surface area contributed by atoms with Gasteiger partial charge in [-0.2, -0.15) is 0 Å². The highest BCUT2D eigenvalue weighted by Crippen LogP contribution is 2.38. The van der Waals surface area contributed by atoms with Gasteiger partial charge in [0.25, 0.3) is 5.91 Å². The lowest BCUT2D eigenvalue weighted by Gasteiger charge is -2.19. The van der Waals surface area contributed by atoms with E-state index in [2.05, 4.69) is 0 Å². The molecular weight excluding hydrogens is 300 g/mol. The van der Waals surface area contributed by atoms with Crippen LogP contribution in [0.3, 0.4) is 0 Å². The summed E-state index contributed by atoms with van der Waals surface area (Å²) in [5.41, 5.74) is 2.85. The van der Waals surface area contributed by atoms with Gasteiger partial charge in [0.1, 0.15) is 4.91 Å². The van der Waals surface area contributed by atoms with Gasteiger partial charge in [-0.05, 0) is 31.2 Å². The van der Waals surface area contributed by atoms with E-state index in [-0.39, 0.29) is 5.91 Å². The summed E-state index contributed by atoms with van der Waals surface area (Å²) in [5.74, 6) is -0.0596. The minimum atomic E-state index is -0.0596. The van der Waals surface area contributed by atoms with Crippen molar-refractivity contribution in [2.75, 3.05) is 11.9 Å². The summed E-state index contributed by atoms with van der Waals surface area (Å²) < 4.78 is 0.572. The van der Waals surface area contributed by atoms with Crippen molar-refractivity contribution in [2.24, 2.45) is 0 Å². The lowest BCUT2D eigenvalue weighted by Crippen LogP contribution is -2.28. The van der Waals surface area contributed by atoms with Gasteiger partial charge in [-0.15, -0.1) is 0 Å². The Morgan fingerprint density at radius 1 is 1.14 bits per heavy atom. The number of thiocarbonyl (C=S) groups is 1. The molecule has 0 saturated carbocycles. The lowest BCUT2D eigenvalue weighted by molar-refractivity contribution is -0.113. The van der Waals surface area contributed by atoms with Crippen LogP contribution in [-0.2, 0) is 4.79 Å². The molecule has 0 radical (unpaired) electrons. The van der Waals surface area contributed by atoms with E-state index in [1.807, 2.05) is 67.6 Å². The van der Waals surface area contributed by atoms with Crippen LogP contribution in [-0.4, -0.2) is 22.2 Å². The molecule has 1 saturated heterocycles. The van der Waals surface area contributed by atoms with Gasteiger partial charge in [0.05, 0.1) is 11.4 Å². The number of nitrogens with zero attached hydrogens (tertiary/aromatic N) is 2. The van der Waals surface area contributed by atoms with Crippen LogP contribution in [0.2, 0.25) is 0 Å². The van der Waals surface area contributed by atoms with Crippen molar-refractivity contribution in [1.82, 2.24) is 4.90 Å². The van der Waals surface area contributed by atoms with Gasteiger partial charge in [0, 0.05) is 13.2 Å². The number of hydrogen-bond acceptors (Lipinski definition) is 4. The van der Waals surface area contributed by atoms with Crippen LogP contribution in [0.5, 0.6) is 0 Å². The summed E-state index contributed by atoms with van der Waals surface area (Å²) in [4.78, 5) is 16.9. The third kappa shape index (κ3) is 2.54. The maximum Gasteiger partial charge on any atom is 0.272 e. The van der Waals surface area contributed by atoms with Crippen LogP contribution in [0, 0.1) is 6.92 Å². The van der Waals surface area contributed by atoms with Crippen molar-refractivity contribution in [3.8, 4) is 0 Å². The first kappa shape index (κ1) is 14.1. The molecule has 0 atom stereocenters. The van der Waals surface area contributed by atoms with Crippen LogP contribution in [0.25, 0.3) is 0 Å². The Morgan fingerprint density at radius 2 is 1.86 bits per heavy atom. The van der Waals surface area contributed by atoms with Crippen molar-refractivity contribution in [3.63, 3.8) is 0 Å². The Morgan fingerprint density at radius 3 is 2.52 bits per heavy atom. The Bertz CT molecular complexity index is 701. The number of carbonyl (C=O) groups excluding carboxylic acids is 1. The second kappa shape index (κ2) is 5.50. The molecule has 1 aromatic carbocycles. The minimum absolute atomic E-state index is 0.0596. The molecule has 2 aliphatic heterocycles. The second-order valence-corrected chi connectivity index (χ2v) is 6.51. The molecule has 0 unspecified atom stereocenters. The standard InChI is InChI=1S/C16H14N2OS2/c1-11-6-8-12(9-7-11)18-15(19)14(21-16(18)20)13-5-3-4-10-17(13)2/h3-10H,1-2H3. The molecule has 3 nitrogen and oxygen atoms in total. The SMILES string of the molecule is Cc1ccc(N2C(=O)C(=C3C=CC=CN3C)SC2=S)cc1. The van der Waals surface area contributed by atoms with Gasteiger partial charge in [-0.25, -0.2) is 0 Å². The van der Waals surface area contributed by atoms with Gasteiger partial charge < -0.3 is 4.90 Å². The predicted octanol–water partition coefficient (Wildman–Crippen LogP) is 3.59. The molecule has 0 N–H and O–H groups in total. The zero-order valence-electron chi connectivity index (χ0n) is 11.7. The van der Waals surface area contributed by atoms with E-state index in [1.165, 1.54) is 11.8 Å². The largest absolute Gasteiger partial charge is 0.350 e. The molecule has 1 fully saturated rings. The normalized spacial score (nSPS) is 21.6. The number of allylic oxidation sites excluding steroid dienone is 3. The molecule has 0 aliphatic carbocycles. The number of benzene rings is 1. The molecule has 21 heavy (non-hydrogen) atoms. The van der Waals surface area contributed by atoms with E-state index in [4.69, 9.17) is 12.2 Å². The van der Waals surface area contributed by atoms with Gasteiger partial charge in [0.2, 0.25) is 0 Å². The summed E-state index contributed by atoms with van der Waals surface area (Å²) in [5, 5.41) is 0. The average molecular weight is 314 g/mol. The molecule has 0 spiro atoms. The quantitative estimate of drug-likeness (QED) is 0.584. The third-order valence-electron chi connectivity index (χ3n) is 3.35. The van der Waals surface area contributed by atoms with Crippen molar-refractivity contribution in [1.29, 1.82) is 0 Å². The van der Waals surface area contributed by atoms with E-state index in [1.54, 1.807) is 4.90 Å². The number of aryl methyl sites for hydroxylation is 1. The molecule has 3 rings (SSSR count). The van der Waals surface area contributed by atoms with Gasteiger partial charge in [-0.3, -0.25) is 9.69 Å². The van der Waals surface area contributed by atoms with E-state index in [9.17, 15) is 4.79 Å². The molecule has 2 aliphatic rings. The van der Waals surface area contributed by atoms with Gasteiger partial charge in [0.15, 0.2) is 4.32 Å². The maximum atomic E-state index is 12.7. The van der Waals surface area contributed by atoms with E-state index < -0.39 is 0 Å². The Balaban J connectivity index is 2.00. The van der Waals surface area contributed by atoms with Crippen LogP contribution in [0.15, 0.2) is 59.3 Å². The predicted molar refractivity (Wildman–Crippen MR) is 91.9 cm³/mol. The highest BCUT2D eigenvalue weighted by molar-refractivity contribution is 8.27. The Kier molecular flexibility index (Phi) is 3.69. The number of hydrogen-bond donors (Lipinski definition) is 0. The molecule has 2 heterocycles. The number of carbonyl (C=O) groups is 1. The first-order chi connectivity index (χ1) is 10.1. The van der Waals surface area contributed by atoms with Crippen molar-refractivity contribution < 1.29 is 4.79 Å². The lowest BCUT2D eigenvalue weighted by atomic mass is 10.2. The van der Waals surface area contributed by atoms with Crippen molar-refractivity contribution >= 4 is 39.9 Å². The van der Waals surface area contributed by atoms with Crippen molar-refractivity contribution in [3.05, 3.63) is 64.9 Å². The monoisotopic (exact) mass is 314 g/mol. The third-order valence-corrected chi connectivity index (χ3v) is 4.73. The number of thioether (sulfide) groups is 1. The van der Waals surface area contributed by atoms with Crippen LogP contribution < -0.4 is 4.90 Å². The van der Waals surface area contributed by atoms with Gasteiger partial charge >= 0.3 is 0 Å². The molecule has 5 heteroatoms. The summed E-state index contributed by atoms with van der Waals surface area (Å²) in [7, 11) is 1.92. The summed E-state index contributed by atoms with van der Waals surface area (Å²) in [6.45, 7) is 2.02. The first-order valence-corrected chi connectivity index (χ1v) is 7.75. The smallest absolute Gasteiger partial charge is 0.272 e. The summed E-state index contributed by atoms with van der Waals surface area (Å²) in [6.07, 6.45) is 7.72. The van der Waals surface area contributed by atoms with Crippen molar-refractivity contribution in [2.45, 2.75) is 6.92 Å². The van der Waals surface area contributed by atoms with Gasteiger partial charge in [-0.1, -0.05) is 47.8 Å². The Labute approximate surface area is 133 Å². The topological polar surface area (TPSA) is 23.6 Å². The Hall–Kier alpha value is -1.85. The van der Waals surface area contributed by atoms with E-state index >= 15 is 0 Å². The van der Waals surface area contributed by atoms with Crippen LogP contribution >= 0.6 is 24.0 Å². The van der Waals surface area contributed by atoms with E-state index in [0.717, 1.165) is 16.9 Å². The second-order valence-electron chi connectivity index (χ2n) is 4.87. The first-order valence-electron chi connectivity index (χ1n) is 6.53. The molecule has 106 valence electrons. The number of rotatable bonds is 1. The molecular formula is C16H14N2OS2. The van der Waals surface area contributed by atoms with Crippen LogP contribution in [0.1, 0.15) is 5.56 Å². The fourth-order valence-corrected chi connectivity index (χ4v) is 3.59. The summed E-state index contributed by atoms with van der Waals surface area (Å²) in [6, 6.07) is 7.81. The van der Waals surface area contributed by atoms with E-state index in [0.29, 0.717) is 9.23 Å². The zero-order valence-corrected chi connectivity index (χ0v) is 13.4. The molecule has 1 aromatic rings. The maximum absolute atomic E-state index is 12.7. The minimum Gasteiger partial charge on any atom is -0.350 e. The highest BCUT2D eigenvalue weighted by atomic mass is 32.2. The number of likely N-dealkylation sites (N-methyl/N-ethyl adjacent to an activating group) is 1.